The van der Waals surface area contributed by atoms with Gasteiger partial charge in [-0.3, -0.25) is 10.1 Å². The van der Waals surface area contributed by atoms with Gasteiger partial charge in [-0.25, -0.2) is 4.79 Å². The minimum atomic E-state index is -4.52. The van der Waals surface area contributed by atoms with Crippen LogP contribution in [0.25, 0.3) is 21.6 Å². The van der Waals surface area contributed by atoms with Crippen LogP contribution in [0.5, 0.6) is 0 Å². The lowest BCUT2D eigenvalue weighted by Crippen LogP contribution is -2.22. The second kappa shape index (κ2) is 10.8. The lowest BCUT2D eigenvalue weighted by Gasteiger charge is -2.20. The Morgan fingerprint density at radius 2 is 1.55 bits per heavy atom. The number of ether oxygens (including phenoxy) is 1. The van der Waals surface area contributed by atoms with E-state index in [4.69, 9.17) is 4.74 Å². The van der Waals surface area contributed by atoms with Crippen molar-refractivity contribution in [3.8, 4) is 21.6 Å². The predicted molar refractivity (Wildman–Crippen MR) is 146 cm³/mol. The average molecular weight is 567 g/mol. The van der Waals surface area contributed by atoms with Gasteiger partial charge in [0.25, 0.3) is 0 Å². The number of aromatic nitrogens is 1. The van der Waals surface area contributed by atoms with Gasteiger partial charge in [-0.2, -0.15) is 17.5 Å². The number of hydrogen-bond acceptors (Lipinski definition) is 5. The topological polar surface area (TPSA) is 88.5 Å². The number of halogens is 3. The summed E-state index contributed by atoms with van der Waals surface area (Å²) in [6.07, 6.45) is -7.05. The molecular formula is C30H25F3N2O4S. The Balaban J connectivity index is 1.31. The van der Waals surface area contributed by atoms with Crippen LogP contribution in [0.3, 0.4) is 0 Å². The number of anilines is 1. The van der Waals surface area contributed by atoms with Gasteiger partial charge in [-0.15, -0.1) is 0 Å². The van der Waals surface area contributed by atoms with Crippen molar-refractivity contribution in [3.05, 3.63) is 95.7 Å². The van der Waals surface area contributed by atoms with E-state index in [1.807, 2.05) is 48.5 Å². The fourth-order valence-corrected chi connectivity index (χ4v) is 5.48. The molecule has 6 nitrogen and oxygen atoms in total. The van der Waals surface area contributed by atoms with Crippen LogP contribution in [0.2, 0.25) is 0 Å². The highest BCUT2D eigenvalue weighted by Crippen LogP contribution is 2.48. The number of nitrogens with one attached hydrogen (secondary N) is 1. The van der Waals surface area contributed by atoms with Crippen molar-refractivity contribution in [1.82, 2.24) is 4.37 Å². The van der Waals surface area contributed by atoms with Gasteiger partial charge in [0.05, 0.1) is 28.1 Å². The summed E-state index contributed by atoms with van der Waals surface area (Å²) in [6, 6.07) is 22.9. The maximum atomic E-state index is 13.2. The highest BCUT2D eigenvalue weighted by Gasteiger charge is 2.51. The fraction of sp³-hybridized carbons (Fsp3) is 0.233. The monoisotopic (exact) mass is 566 g/mol. The highest BCUT2D eigenvalue weighted by atomic mass is 32.1. The quantitative estimate of drug-likeness (QED) is 0.225. The number of carbonyl (C=O) groups excluding carboxylic acids is 1. The van der Waals surface area contributed by atoms with Crippen LogP contribution in [0.15, 0.2) is 78.9 Å². The summed E-state index contributed by atoms with van der Waals surface area (Å²) in [6.45, 7) is 1.69. The van der Waals surface area contributed by atoms with E-state index in [9.17, 15) is 27.9 Å². The fourth-order valence-electron chi connectivity index (χ4n) is 4.63. The summed E-state index contributed by atoms with van der Waals surface area (Å²) in [4.78, 5) is 25.0. The molecule has 1 aliphatic rings. The molecule has 2 N–H and O–H groups in total. The minimum Gasteiger partial charge on any atom is -0.481 e. The summed E-state index contributed by atoms with van der Waals surface area (Å²) in [5.74, 6) is -0.798. The summed E-state index contributed by atoms with van der Waals surface area (Å²) < 4.78 is 49.1. The SMILES string of the molecule is Cc1nsc(-c2ccc(-c3ccc(C4(C(=O)O)CC4)cc3)cc2)c1NC(=O)OC(CC(F)(F)F)c1ccccc1. The molecule has 1 amide bonds. The summed E-state index contributed by atoms with van der Waals surface area (Å²) in [5.41, 5.74) is 3.77. The first-order valence-corrected chi connectivity index (χ1v) is 13.3. The number of amides is 1. The first-order valence-electron chi connectivity index (χ1n) is 12.6. The number of rotatable bonds is 8. The molecule has 0 aliphatic heterocycles. The third kappa shape index (κ3) is 5.86. The normalized spacial score (nSPS) is 14.8. The Morgan fingerprint density at radius 1 is 0.975 bits per heavy atom. The van der Waals surface area contributed by atoms with Gasteiger partial charge in [0, 0.05) is 0 Å². The van der Waals surface area contributed by atoms with Crippen molar-refractivity contribution in [1.29, 1.82) is 0 Å². The largest absolute Gasteiger partial charge is 0.481 e. The number of carboxylic acid groups (broad SMARTS) is 1. The molecule has 1 saturated carbocycles. The van der Waals surface area contributed by atoms with Crippen LogP contribution in [0.1, 0.15) is 42.2 Å². The second-order valence-electron chi connectivity index (χ2n) is 9.76. The Kier molecular flexibility index (Phi) is 7.37. The molecule has 0 radical (unpaired) electrons. The number of benzene rings is 3. The van der Waals surface area contributed by atoms with Gasteiger partial charge in [-0.05, 0) is 59.1 Å². The highest BCUT2D eigenvalue weighted by molar-refractivity contribution is 7.10. The zero-order chi connectivity index (χ0) is 28.5. The molecule has 1 heterocycles. The smallest absolute Gasteiger partial charge is 0.412 e. The first kappa shape index (κ1) is 27.4. The summed E-state index contributed by atoms with van der Waals surface area (Å²) in [5, 5.41) is 12.1. The molecular weight excluding hydrogens is 541 g/mol. The van der Waals surface area contributed by atoms with Crippen molar-refractivity contribution in [2.24, 2.45) is 0 Å². The van der Waals surface area contributed by atoms with E-state index >= 15 is 0 Å². The Bertz CT molecular complexity index is 1510. The molecule has 1 unspecified atom stereocenters. The van der Waals surface area contributed by atoms with Crippen LogP contribution in [-0.4, -0.2) is 27.7 Å². The zero-order valence-electron chi connectivity index (χ0n) is 21.4. The minimum absolute atomic E-state index is 0.245. The van der Waals surface area contributed by atoms with E-state index in [1.165, 1.54) is 12.1 Å². The molecule has 206 valence electrons. The average Bonchev–Trinajstić information content (AvgIpc) is 3.68. The number of carbonyl (C=O) groups is 2. The van der Waals surface area contributed by atoms with Crippen molar-refractivity contribution in [2.75, 3.05) is 5.32 Å². The molecule has 0 saturated heterocycles. The van der Waals surface area contributed by atoms with Gasteiger partial charge < -0.3 is 9.84 Å². The van der Waals surface area contributed by atoms with Gasteiger partial charge in [-0.1, -0.05) is 78.9 Å². The number of aryl methyl sites for hydroxylation is 1. The number of hydrogen-bond donors (Lipinski definition) is 2. The van der Waals surface area contributed by atoms with E-state index < -0.39 is 36.2 Å². The predicted octanol–water partition coefficient (Wildman–Crippen LogP) is 8.14. The Hall–Kier alpha value is -4.18. The van der Waals surface area contributed by atoms with Crippen LogP contribution in [0, 0.1) is 6.92 Å². The van der Waals surface area contributed by atoms with Gasteiger partial charge >= 0.3 is 18.2 Å². The van der Waals surface area contributed by atoms with E-state index in [1.54, 1.807) is 25.1 Å². The molecule has 1 fully saturated rings. The summed E-state index contributed by atoms with van der Waals surface area (Å²) >= 11 is 1.16. The molecule has 4 aromatic rings. The number of aliphatic carboxylic acids is 1. The zero-order valence-corrected chi connectivity index (χ0v) is 22.2. The van der Waals surface area contributed by atoms with E-state index in [2.05, 4.69) is 9.69 Å². The molecule has 10 heteroatoms. The molecule has 1 aromatic heterocycles. The van der Waals surface area contributed by atoms with Crippen molar-refractivity contribution < 1.29 is 32.6 Å². The molecule has 40 heavy (non-hydrogen) atoms. The van der Waals surface area contributed by atoms with E-state index in [-0.39, 0.29) is 5.56 Å². The van der Waals surface area contributed by atoms with Crippen LogP contribution < -0.4 is 5.32 Å². The van der Waals surface area contributed by atoms with Gasteiger partial charge in [0.15, 0.2) is 0 Å². The third-order valence-electron chi connectivity index (χ3n) is 7.00. The molecule has 1 aliphatic carbocycles. The lowest BCUT2D eigenvalue weighted by molar-refractivity contribution is -0.154. The number of carboxylic acids is 1. The maximum Gasteiger partial charge on any atom is 0.412 e. The van der Waals surface area contributed by atoms with Crippen molar-refractivity contribution >= 4 is 29.3 Å². The summed E-state index contributed by atoms with van der Waals surface area (Å²) in [7, 11) is 0. The van der Waals surface area contributed by atoms with Crippen LogP contribution >= 0.6 is 11.5 Å². The maximum absolute atomic E-state index is 13.2. The van der Waals surface area contributed by atoms with E-state index in [0.717, 1.165) is 33.8 Å². The Morgan fingerprint density at radius 3 is 2.10 bits per heavy atom. The van der Waals surface area contributed by atoms with Gasteiger partial charge in [0.1, 0.15) is 6.10 Å². The second-order valence-corrected chi connectivity index (χ2v) is 10.5. The molecule has 1 atom stereocenters. The number of nitrogens with zero attached hydrogens (tertiary/aromatic N) is 1. The van der Waals surface area contributed by atoms with Crippen LogP contribution in [-0.2, 0) is 14.9 Å². The molecule has 0 spiro atoms. The molecule has 3 aromatic carbocycles. The molecule has 5 rings (SSSR count). The standard InChI is InChI=1S/C30H25F3N2O4S/c1-18-25(34-28(38)39-24(17-30(31,32)33)21-5-3-2-4-6-21)26(40-35-18)22-9-7-19(8-10-22)20-11-13-23(14-12-20)29(15-16-29)27(36)37/h2-14,24H,15-17H2,1H3,(H,34,38)(H,36,37). The third-order valence-corrected chi connectivity index (χ3v) is 7.99. The first-order chi connectivity index (χ1) is 19.1. The molecule has 0 bridgehead atoms. The van der Waals surface area contributed by atoms with Crippen molar-refractivity contribution in [2.45, 2.75) is 43.9 Å². The lowest BCUT2D eigenvalue weighted by atomic mass is 9.93. The van der Waals surface area contributed by atoms with Crippen LogP contribution in [0.4, 0.5) is 23.7 Å². The van der Waals surface area contributed by atoms with E-state index in [0.29, 0.717) is 29.1 Å². The Labute approximate surface area is 232 Å². The number of alkyl halides is 3. The van der Waals surface area contributed by atoms with Crippen molar-refractivity contribution in [3.63, 3.8) is 0 Å². The van der Waals surface area contributed by atoms with Gasteiger partial charge in [0.2, 0.25) is 0 Å².